The minimum Gasteiger partial charge on any atom is -0.497 e. The number of nitrogens with zero attached hydrogens (tertiary/aromatic N) is 1. The number of ether oxygens (including phenoxy) is 1. The Morgan fingerprint density at radius 3 is 2.59 bits per heavy atom. The number of H-pyrrole nitrogens is 1. The molecule has 0 aliphatic carbocycles. The third-order valence-corrected chi connectivity index (χ3v) is 4.49. The van der Waals surface area contributed by atoms with Crippen molar-refractivity contribution >= 4 is 22.4 Å². The maximum atomic E-state index is 5.24. The molecule has 0 radical (unpaired) electrons. The number of hydrogen-bond acceptors (Lipinski definition) is 3. The Bertz CT molecular complexity index is 908. The van der Waals surface area contributed by atoms with Crippen molar-refractivity contribution in [3.63, 3.8) is 0 Å². The topological polar surface area (TPSA) is 37.9 Å². The number of benzene rings is 1. The van der Waals surface area contributed by atoms with Crippen LogP contribution in [0.15, 0.2) is 59.6 Å². The van der Waals surface area contributed by atoms with E-state index in [0.29, 0.717) is 0 Å². The molecule has 0 saturated heterocycles. The van der Waals surface area contributed by atoms with Crippen LogP contribution in [0.1, 0.15) is 0 Å². The highest BCUT2D eigenvalue weighted by atomic mass is 32.1. The summed E-state index contributed by atoms with van der Waals surface area (Å²) < 4.78 is 5.24. The molecule has 22 heavy (non-hydrogen) atoms. The second-order valence-electron chi connectivity index (χ2n) is 5.02. The molecule has 108 valence electrons. The van der Waals surface area contributed by atoms with E-state index >= 15 is 0 Å². The van der Waals surface area contributed by atoms with Crippen LogP contribution in [0.2, 0.25) is 0 Å². The maximum Gasteiger partial charge on any atom is 0.138 e. The Hall–Kier alpha value is -2.59. The van der Waals surface area contributed by atoms with Crippen molar-refractivity contribution in [3.8, 4) is 28.0 Å². The predicted octanol–water partition coefficient (Wildman–Crippen LogP) is 4.97. The molecular formula is C18H14N2OS. The molecule has 0 unspecified atom stereocenters. The van der Waals surface area contributed by atoms with Crippen LogP contribution in [0.25, 0.3) is 33.3 Å². The van der Waals surface area contributed by atoms with E-state index in [4.69, 9.17) is 4.74 Å². The maximum absolute atomic E-state index is 5.24. The Morgan fingerprint density at radius 1 is 1.00 bits per heavy atom. The summed E-state index contributed by atoms with van der Waals surface area (Å²) in [6.07, 6.45) is 3.87. The summed E-state index contributed by atoms with van der Waals surface area (Å²) in [6, 6.07) is 12.3. The van der Waals surface area contributed by atoms with Crippen LogP contribution in [-0.4, -0.2) is 17.1 Å². The second-order valence-corrected chi connectivity index (χ2v) is 5.81. The number of pyridine rings is 1. The van der Waals surface area contributed by atoms with Gasteiger partial charge in [0.05, 0.1) is 7.11 Å². The summed E-state index contributed by atoms with van der Waals surface area (Å²) in [5, 5.41) is 5.42. The molecule has 0 saturated carbocycles. The van der Waals surface area contributed by atoms with Crippen molar-refractivity contribution < 1.29 is 4.74 Å². The molecule has 0 aliphatic heterocycles. The molecule has 4 aromatic rings. The van der Waals surface area contributed by atoms with Crippen LogP contribution >= 0.6 is 11.3 Å². The third kappa shape index (κ3) is 2.09. The highest BCUT2D eigenvalue weighted by Crippen LogP contribution is 2.36. The molecule has 0 bridgehead atoms. The number of aromatic amines is 1. The van der Waals surface area contributed by atoms with Gasteiger partial charge in [0.25, 0.3) is 0 Å². The molecule has 1 aromatic carbocycles. The largest absolute Gasteiger partial charge is 0.497 e. The van der Waals surface area contributed by atoms with E-state index < -0.39 is 0 Å². The number of rotatable bonds is 3. The van der Waals surface area contributed by atoms with Gasteiger partial charge in [-0.05, 0) is 51.7 Å². The van der Waals surface area contributed by atoms with Gasteiger partial charge in [-0.1, -0.05) is 12.1 Å². The van der Waals surface area contributed by atoms with Crippen LogP contribution in [0.3, 0.4) is 0 Å². The summed E-state index contributed by atoms with van der Waals surface area (Å²) >= 11 is 1.71. The lowest BCUT2D eigenvalue weighted by atomic mass is 9.99. The quantitative estimate of drug-likeness (QED) is 0.580. The van der Waals surface area contributed by atoms with Gasteiger partial charge in [-0.25, -0.2) is 4.98 Å². The first-order chi connectivity index (χ1) is 10.9. The zero-order valence-electron chi connectivity index (χ0n) is 12.0. The molecule has 0 fully saturated rings. The molecule has 0 aliphatic rings. The fourth-order valence-corrected chi connectivity index (χ4v) is 3.37. The molecule has 0 spiro atoms. The number of thiophene rings is 1. The minimum absolute atomic E-state index is 0.861. The van der Waals surface area contributed by atoms with Gasteiger partial charge in [-0.15, -0.1) is 0 Å². The SMILES string of the molecule is COc1ccc(-c2c[nH]c3nccc(-c4ccsc4)c23)cc1. The number of nitrogens with one attached hydrogen (secondary N) is 1. The molecule has 3 nitrogen and oxygen atoms in total. The van der Waals surface area contributed by atoms with Crippen molar-refractivity contribution in [2.75, 3.05) is 7.11 Å². The number of hydrogen-bond donors (Lipinski definition) is 1. The minimum atomic E-state index is 0.861. The van der Waals surface area contributed by atoms with E-state index in [1.807, 2.05) is 24.5 Å². The summed E-state index contributed by atoms with van der Waals surface area (Å²) in [6.45, 7) is 0. The Morgan fingerprint density at radius 2 is 1.86 bits per heavy atom. The lowest BCUT2D eigenvalue weighted by molar-refractivity contribution is 0.415. The summed E-state index contributed by atoms with van der Waals surface area (Å²) in [5.74, 6) is 0.861. The lowest BCUT2D eigenvalue weighted by Gasteiger charge is -2.06. The zero-order chi connectivity index (χ0) is 14.9. The average Bonchev–Trinajstić information content (AvgIpc) is 3.24. The smallest absolute Gasteiger partial charge is 0.138 e. The molecule has 0 atom stereocenters. The highest BCUT2D eigenvalue weighted by Gasteiger charge is 2.13. The summed E-state index contributed by atoms with van der Waals surface area (Å²) in [5.41, 5.74) is 5.66. The normalized spacial score (nSPS) is 11.0. The number of methoxy groups -OCH3 is 1. The van der Waals surface area contributed by atoms with E-state index in [0.717, 1.165) is 27.9 Å². The van der Waals surface area contributed by atoms with Gasteiger partial charge in [-0.3, -0.25) is 0 Å². The van der Waals surface area contributed by atoms with Gasteiger partial charge in [0.1, 0.15) is 11.4 Å². The van der Waals surface area contributed by atoms with E-state index in [-0.39, 0.29) is 0 Å². The Balaban J connectivity index is 1.94. The molecule has 1 N–H and O–H groups in total. The van der Waals surface area contributed by atoms with Gasteiger partial charge < -0.3 is 9.72 Å². The van der Waals surface area contributed by atoms with Crippen molar-refractivity contribution in [1.82, 2.24) is 9.97 Å². The van der Waals surface area contributed by atoms with Crippen LogP contribution in [0.5, 0.6) is 5.75 Å². The summed E-state index contributed by atoms with van der Waals surface area (Å²) in [4.78, 5) is 7.73. The third-order valence-electron chi connectivity index (χ3n) is 3.81. The fourth-order valence-electron chi connectivity index (χ4n) is 2.71. The van der Waals surface area contributed by atoms with Crippen LogP contribution in [0.4, 0.5) is 0 Å². The first kappa shape index (κ1) is 13.1. The van der Waals surface area contributed by atoms with Gasteiger partial charge in [0.2, 0.25) is 0 Å². The monoisotopic (exact) mass is 306 g/mol. The van der Waals surface area contributed by atoms with Crippen LogP contribution in [0, 0.1) is 0 Å². The molecule has 0 amide bonds. The first-order valence-corrected chi connectivity index (χ1v) is 7.94. The van der Waals surface area contributed by atoms with E-state index in [1.165, 1.54) is 11.1 Å². The molecule has 4 rings (SSSR count). The molecular weight excluding hydrogens is 292 g/mol. The second kappa shape index (κ2) is 5.31. The summed E-state index contributed by atoms with van der Waals surface area (Å²) in [7, 11) is 1.68. The molecule has 3 aromatic heterocycles. The predicted molar refractivity (Wildman–Crippen MR) is 91.4 cm³/mol. The zero-order valence-corrected chi connectivity index (χ0v) is 12.9. The average molecular weight is 306 g/mol. The van der Waals surface area contributed by atoms with E-state index in [9.17, 15) is 0 Å². The van der Waals surface area contributed by atoms with Gasteiger partial charge in [-0.2, -0.15) is 11.3 Å². The van der Waals surface area contributed by atoms with Gasteiger partial charge in [0, 0.05) is 23.3 Å². The Labute approximate surface area is 132 Å². The van der Waals surface area contributed by atoms with Gasteiger partial charge >= 0.3 is 0 Å². The van der Waals surface area contributed by atoms with Crippen molar-refractivity contribution in [3.05, 3.63) is 59.6 Å². The fraction of sp³-hybridized carbons (Fsp3) is 0.0556. The van der Waals surface area contributed by atoms with Crippen LogP contribution in [-0.2, 0) is 0 Å². The van der Waals surface area contributed by atoms with E-state index in [2.05, 4.69) is 45.0 Å². The lowest BCUT2D eigenvalue weighted by Crippen LogP contribution is -1.84. The van der Waals surface area contributed by atoms with Crippen LogP contribution < -0.4 is 4.74 Å². The first-order valence-electron chi connectivity index (χ1n) is 7.00. The van der Waals surface area contributed by atoms with Crippen molar-refractivity contribution in [2.24, 2.45) is 0 Å². The van der Waals surface area contributed by atoms with Crippen molar-refractivity contribution in [1.29, 1.82) is 0 Å². The standard InChI is InChI=1S/C18H14N2OS/c1-21-14-4-2-12(3-5-14)16-10-20-18-17(16)15(6-8-19-18)13-7-9-22-11-13/h2-11H,1H3,(H,19,20). The number of aromatic nitrogens is 2. The van der Waals surface area contributed by atoms with Gasteiger partial charge in [0.15, 0.2) is 0 Å². The molecule has 4 heteroatoms. The van der Waals surface area contributed by atoms with Crippen molar-refractivity contribution in [2.45, 2.75) is 0 Å². The molecule has 3 heterocycles. The number of fused-ring (bicyclic) bond motifs is 1. The highest BCUT2D eigenvalue weighted by molar-refractivity contribution is 7.08. The Kier molecular flexibility index (Phi) is 3.16. The van der Waals surface area contributed by atoms with E-state index in [1.54, 1.807) is 18.4 Å².